The Morgan fingerprint density at radius 2 is 1.92 bits per heavy atom. The molecule has 0 unspecified atom stereocenters. The molecule has 5 N–H and O–H groups in total. The van der Waals surface area contributed by atoms with E-state index in [2.05, 4.69) is 26.6 Å². The number of nitrogens with one attached hydrogen (secondary N) is 5. The van der Waals surface area contributed by atoms with Gasteiger partial charge in [0.05, 0.1) is 24.2 Å². The standard InChI is InChI=1S/C24H38N6O5S/c1-15(2)21(29-20(33)10-11-25)23(34)27-16(13-31)7-5-6-12-26-19(32)9-4-3-8-18-22-17(14-36-18)28-24(35)30-22/h13,15-18,21-22H,3-10,12,14H2,1-2H3,(H,26,32)(H,27,34)(H,29,33)(H2,28,30,35)/t16-,17-,18-,21-,22-/m0/s1. The normalized spacial score (nSPS) is 21.9. The van der Waals surface area contributed by atoms with Crippen LogP contribution in [0.1, 0.15) is 65.2 Å². The highest BCUT2D eigenvalue weighted by Crippen LogP contribution is 2.33. The Balaban J connectivity index is 1.55. The van der Waals surface area contributed by atoms with Crippen LogP contribution in [0.3, 0.4) is 0 Å². The zero-order valence-electron chi connectivity index (χ0n) is 21.0. The van der Waals surface area contributed by atoms with Gasteiger partial charge in [0.2, 0.25) is 17.7 Å². The Morgan fingerprint density at radius 1 is 1.14 bits per heavy atom. The van der Waals surface area contributed by atoms with Crippen molar-refractivity contribution in [1.29, 1.82) is 5.26 Å². The number of thioether (sulfide) groups is 1. The number of rotatable bonds is 16. The lowest BCUT2D eigenvalue weighted by Gasteiger charge is -2.23. The summed E-state index contributed by atoms with van der Waals surface area (Å²) in [6.45, 7) is 4.03. The maximum absolute atomic E-state index is 12.5. The summed E-state index contributed by atoms with van der Waals surface area (Å²) in [7, 11) is 0. The van der Waals surface area contributed by atoms with Gasteiger partial charge in [0.1, 0.15) is 18.7 Å². The molecule has 0 aromatic carbocycles. The molecule has 2 fully saturated rings. The summed E-state index contributed by atoms with van der Waals surface area (Å²) in [6, 6.07) is 0.551. The summed E-state index contributed by atoms with van der Waals surface area (Å²) in [6.07, 6.45) is 5.22. The minimum Gasteiger partial charge on any atom is -0.356 e. The molecule has 2 aliphatic rings. The molecule has 0 spiro atoms. The maximum atomic E-state index is 12.5. The maximum Gasteiger partial charge on any atom is 0.315 e. The Kier molecular flexibility index (Phi) is 12.5. The second kappa shape index (κ2) is 15.3. The van der Waals surface area contributed by atoms with Crippen molar-refractivity contribution in [3.63, 3.8) is 0 Å². The van der Waals surface area contributed by atoms with E-state index in [1.54, 1.807) is 19.9 Å². The molecular weight excluding hydrogens is 484 g/mol. The van der Waals surface area contributed by atoms with Crippen molar-refractivity contribution in [1.82, 2.24) is 26.6 Å². The molecule has 0 saturated carbocycles. The second-order valence-electron chi connectivity index (χ2n) is 9.59. The summed E-state index contributed by atoms with van der Waals surface area (Å²) >= 11 is 1.87. The number of aldehydes is 1. The number of nitrogens with zero attached hydrogens (tertiary/aromatic N) is 1. The van der Waals surface area contributed by atoms with E-state index in [1.165, 1.54) is 0 Å². The lowest BCUT2D eigenvalue weighted by Crippen LogP contribution is -2.52. The van der Waals surface area contributed by atoms with Crippen LogP contribution in [0.5, 0.6) is 0 Å². The smallest absolute Gasteiger partial charge is 0.315 e. The average Bonchev–Trinajstić information content (AvgIpc) is 3.38. The number of urea groups is 1. The Labute approximate surface area is 216 Å². The van der Waals surface area contributed by atoms with Gasteiger partial charge < -0.3 is 31.4 Å². The molecule has 0 radical (unpaired) electrons. The van der Waals surface area contributed by atoms with Crippen LogP contribution in [0.25, 0.3) is 0 Å². The van der Waals surface area contributed by atoms with E-state index < -0.39 is 23.9 Å². The third kappa shape index (κ3) is 9.68. The van der Waals surface area contributed by atoms with E-state index >= 15 is 0 Å². The van der Waals surface area contributed by atoms with Crippen LogP contribution < -0.4 is 26.6 Å². The number of carbonyl (C=O) groups is 5. The van der Waals surface area contributed by atoms with Gasteiger partial charge in [-0.2, -0.15) is 17.0 Å². The molecule has 5 atom stereocenters. The number of hydrogen-bond acceptors (Lipinski definition) is 7. The SMILES string of the molecule is CC(C)[C@H](NC(=O)CC#N)C(=O)N[C@H](C=O)CCCCNC(=O)CCCC[C@@H]1SC[C@@H]2NC(=O)N[C@@H]21. The molecule has 2 aliphatic heterocycles. The van der Waals surface area contributed by atoms with E-state index in [4.69, 9.17) is 5.26 Å². The molecule has 0 aromatic heterocycles. The highest BCUT2D eigenvalue weighted by Gasteiger charge is 2.42. The van der Waals surface area contributed by atoms with Gasteiger partial charge in [0.25, 0.3) is 0 Å². The van der Waals surface area contributed by atoms with Crippen molar-refractivity contribution in [2.24, 2.45) is 5.92 Å². The Morgan fingerprint density at radius 3 is 2.61 bits per heavy atom. The van der Waals surface area contributed by atoms with Gasteiger partial charge in [0, 0.05) is 24.0 Å². The molecular formula is C24H38N6O5S. The zero-order valence-corrected chi connectivity index (χ0v) is 21.8. The summed E-state index contributed by atoms with van der Waals surface area (Å²) in [5.41, 5.74) is 0. The Hall–Kier alpha value is -2.81. The van der Waals surface area contributed by atoms with Crippen molar-refractivity contribution in [3.05, 3.63) is 0 Å². The first kappa shape index (κ1) is 29.4. The second-order valence-corrected chi connectivity index (χ2v) is 10.9. The van der Waals surface area contributed by atoms with Crippen molar-refractivity contribution < 1.29 is 24.0 Å². The predicted molar refractivity (Wildman–Crippen MR) is 136 cm³/mol. The lowest BCUT2D eigenvalue weighted by atomic mass is 10.0. The average molecular weight is 523 g/mol. The number of amides is 5. The summed E-state index contributed by atoms with van der Waals surface area (Å²) < 4.78 is 0. The number of carbonyl (C=O) groups excluding carboxylic acids is 5. The molecule has 0 aliphatic carbocycles. The predicted octanol–water partition coefficient (Wildman–Crippen LogP) is 0.737. The minimum absolute atomic E-state index is 0.00378. The van der Waals surface area contributed by atoms with Crippen molar-refractivity contribution in [2.45, 2.75) is 94.6 Å². The summed E-state index contributed by atoms with van der Waals surface area (Å²) in [5, 5.41) is 23.0. The van der Waals surface area contributed by atoms with E-state index in [-0.39, 0.29) is 36.4 Å². The highest BCUT2D eigenvalue weighted by atomic mass is 32.2. The van der Waals surface area contributed by atoms with Crippen LogP contribution in [-0.4, -0.2) is 71.8 Å². The zero-order chi connectivity index (χ0) is 26.5. The van der Waals surface area contributed by atoms with Crippen LogP contribution in [0.4, 0.5) is 4.79 Å². The molecule has 200 valence electrons. The monoisotopic (exact) mass is 522 g/mol. The van der Waals surface area contributed by atoms with Gasteiger partial charge in [-0.05, 0) is 38.0 Å². The fourth-order valence-electron chi connectivity index (χ4n) is 4.36. The number of hydrogen-bond donors (Lipinski definition) is 5. The fourth-order valence-corrected chi connectivity index (χ4v) is 5.90. The van der Waals surface area contributed by atoms with Crippen molar-refractivity contribution >= 4 is 41.8 Å². The van der Waals surface area contributed by atoms with E-state index in [0.717, 1.165) is 25.0 Å². The first-order valence-electron chi connectivity index (χ1n) is 12.6. The van der Waals surface area contributed by atoms with E-state index in [0.29, 0.717) is 43.8 Å². The van der Waals surface area contributed by atoms with Crippen LogP contribution in [-0.2, 0) is 19.2 Å². The molecule has 2 rings (SSSR count). The highest BCUT2D eigenvalue weighted by molar-refractivity contribution is 8.00. The molecule has 11 nitrogen and oxygen atoms in total. The van der Waals surface area contributed by atoms with Gasteiger partial charge in [-0.25, -0.2) is 4.79 Å². The fraction of sp³-hybridized carbons (Fsp3) is 0.750. The van der Waals surface area contributed by atoms with Crippen LogP contribution in [0, 0.1) is 17.2 Å². The quantitative estimate of drug-likeness (QED) is 0.113. The molecule has 2 saturated heterocycles. The molecule has 5 amide bonds. The third-order valence-electron chi connectivity index (χ3n) is 6.34. The first-order valence-corrected chi connectivity index (χ1v) is 13.7. The molecule has 12 heteroatoms. The summed E-state index contributed by atoms with van der Waals surface area (Å²) in [4.78, 5) is 59.1. The topological polar surface area (TPSA) is 169 Å². The van der Waals surface area contributed by atoms with Gasteiger partial charge in [-0.1, -0.05) is 20.3 Å². The van der Waals surface area contributed by atoms with Gasteiger partial charge >= 0.3 is 6.03 Å². The first-order chi connectivity index (χ1) is 17.2. The lowest BCUT2D eigenvalue weighted by molar-refractivity contribution is -0.130. The molecule has 36 heavy (non-hydrogen) atoms. The number of unbranched alkanes of at least 4 members (excludes halogenated alkanes) is 2. The van der Waals surface area contributed by atoms with Crippen molar-refractivity contribution in [2.75, 3.05) is 12.3 Å². The third-order valence-corrected chi connectivity index (χ3v) is 7.85. The molecule has 0 bridgehead atoms. The largest absolute Gasteiger partial charge is 0.356 e. The van der Waals surface area contributed by atoms with Gasteiger partial charge in [0.15, 0.2) is 0 Å². The molecule has 0 aromatic rings. The number of fused-ring (bicyclic) bond motifs is 1. The molecule has 2 heterocycles. The number of nitriles is 1. The van der Waals surface area contributed by atoms with Crippen LogP contribution in [0.15, 0.2) is 0 Å². The van der Waals surface area contributed by atoms with Crippen LogP contribution in [0.2, 0.25) is 0 Å². The Bertz CT molecular complexity index is 832. The van der Waals surface area contributed by atoms with Gasteiger partial charge in [-0.3, -0.25) is 14.4 Å². The van der Waals surface area contributed by atoms with E-state index in [1.807, 2.05) is 11.8 Å². The van der Waals surface area contributed by atoms with Gasteiger partial charge in [-0.15, -0.1) is 0 Å². The van der Waals surface area contributed by atoms with Crippen LogP contribution >= 0.6 is 11.8 Å². The van der Waals surface area contributed by atoms with Crippen molar-refractivity contribution in [3.8, 4) is 6.07 Å². The van der Waals surface area contributed by atoms with E-state index in [9.17, 15) is 24.0 Å². The minimum atomic E-state index is -0.824. The summed E-state index contributed by atoms with van der Waals surface area (Å²) in [5.74, 6) is -0.267.